The summed E-state index contributed by atoms with van der Waals surface area (Å²) in [6.07, 6.45) is 6.30. The SMILES string of the molecule is CCOc1ccccc1C(O)CN1CCC2CCCCC21. The highest BCUT2D eigenvalue weighted by atomic mass is 16.5. The zero-order chi connectivity index (χ0) is 14.7. The van der Waals surface area contributed by atoms with Crippen molar-refractivity contribution in [1.29, 1.82) is 0 Å². The van der Waals surface area contributed by atoms with E-state index >= 15 is 0 Å². The van der Waals surface area contributed by atoms with Crippen molar-refractivity contribution in [2.45, 2.75) is 51.2 Å². The molecular formula is C18H27NO2. The monoisotopic (exact) mass is 289 g/mol. The molecule has 1 saturated carbocycles. The second-order valence-electron chi connectivity index (χ2n) is 6.38. The van der Waals surface area contributed by atoms with Crippen molar-refractivity contribution in [2.24, 2.45) is 5.92 Å². The van der Waals surface area contributed by atoms with Gasteiger partial charge in [-0.1, -0.05) is 31.0 Å². The molecule has 3 heteroatoms. The van der Waals surface area contributed by atoms with Crippen LogP contribution in [0, 0.1) is 5.92 Å². The summed E-state index contributed by atoms with van der Waals surface area (Å²) in [5.41, 5.74) is 0.929. The third-order valence-electron chi connectivity index (χ3n) is 5.11. The summed E-state index contributed by atoms with van der Waals surface area (Å²) in [6, 6.07) is 8.59. The molecule has 1 aromatic rings. The lowest BCUT2D eigenvalue weighted by Crippen LogP contribution is -2.37. The number of ether oxygens (including phenoxy) is 1. The Bertz CT molecular complexity index is 462. The standard InChI is InChI=1S/C18H27NO2/c1-2-21-18-10-6-4-8-15(18)17(20)13-19-12-11-14-7-3-5-9-16(14)19/h4,6,8,10,14,16-17,20H,2-3,5,7,9,11-13H2,1H3. The fourth-order valence-electron chi connectivity index (χ4n) is 4.09. The molecule has 3 unspecified atom stereocenters. The predicted octanol–water partition coefficient (Wildman–Crippen LogP) is 3.38. The van der Waals surface area contributed by atoms with Crippen LogP contribution in [0.5, 0.6) is 5.75 Å². The molecule has 0 radical (unpaired) electrons. The number of aliphatic hydroxyl groups excluding tert-OH is 1. The number of aliphatic hydroxyl groups is 1. The van der Waals surface area contributed by atoms with Gasteiger partial charge in [-0.15, -0.1) is 0 Å². The number of nitrogens with zero attached hydrogens (tertiary/aromatic N) is 1. The molecule has 1 aliphatic carbocycles. The van der Waals surface area contributed by atoms with Gasteiger partial charge in [-0.25, -0.2) is 0 Å². The smallest absolute Gasteiger partial charge is 0.125 e. The van der Waals surface area contributed by atoms with Crippen molar-refractivity contribution in [3.05, 3.63) is 29.8 Å². The first kappa shape index (κ1) is 14.9. The number of rotatable bonds is 5. The van der Waals surface area contributed by atoms with Crippen molar-refractivity contribution in [2.75, 3.05) is 19.7 Å². The van der Waals surface area contributed by atoms with Crippen LogP contribution < -0.4 is 4.74 Å². The summed E-state index contributed by atoms with van der Waals surface area (Å²) in [5, 5.41) is 10.7. The lowest BCUT2D eigenvalue weighted by Gasteiger charge is -2.33. The highest BCUT2D eigenvalue weighted by Gasteiger charge is 2.36. The summed E-state index contributed by atoms with van der Waals surface area (Å²) in [5.74, 6) is 1.69. The van der Waals surface area contributed by atoms with Gasteiger partial charge in [-0.3, -0.25) is 4.90 Å². The first-order valence-electron chi connectivity index (χ1n) is 8.43. The lowest BCUT2D eigenvalue weighted by atomic mass is 9.85. The summed E-state index contributed by atoms with van der Waals surface area (Å²) in [6.45, 7) is 4.50. The van der Waals surface area contributed by atoms with Crippen molar-refractivity contribution in [3.8, 4) is 5.75 Å². The Morgan fingerprint density at radius 1 is 1.24 bits per heavy atom. The Labute approximate surface area is 127 Å². The number of fused-ring (bicyclic) bond motifs is 1. The van der Waals surface area contributed by atoms with Gasteiger partial charge in [-0.05, 0) is 44.7 Å². The minimum atomic E-state index is -0.451. The van der Waals surface area contributed by atoms with Crippen LogP contribution in [0.1, 0.15) is 50.7 Å². The van der Waals surface area contributed by atoms with Crippen LogP contribution in [0.3, 0.4) is 0 Å². The molecule has 0 aromatic heterocycles. The number of likely N-dealkylation sites (tertiary alicyclic amines) is 1. The predicted molar refractivity (Wildman–Crippen MR) is 84.5 cm³/mol. The number of hydrogen-bond acceptors (Lipinski definition) is 3. The maximum atomic E-state index is 10.7. The van der Waals surface area contributed by atoms with E-state index in [1.807, 2.05) is 31.2 Å². The molecule has 2 fully saturated rings. The number of para-hydroxylation sites is 1. The summed E-state index contributed by atoms with van der Waals surface area (Å²) >= 11 is 0. The third-order valence-corrected chi connectivity index (χ3v) is 5.11. The van der Waals surface area contributed by atoms with E-state index in [0.717, 1.165) is 30.3 Å². The molecule has 3 nitrogen and oxygen atoms in total. The molecule has 2 aliphatic rings. The van der Waals surface area contributed by atoms with Crippen molar-refractivity contribution in [1.82, 2.24) is 4.90 Å². The van der Waals surface area contributed by atoms with Crippen LogP contribution in [0.2, 0.25) is 0 Å². The van der Waals surface area contributed by atoms with Crippen molar-refractivity contribution in [3.63, 3.8) is 0 Å². The van der Waals surface area contributed by atoms with Crippen molar-refractivity contribution >= 4 is 0 Å². The number of β-amino-alcohol motifs (C(OH)–C–C–N with tert-alkyl or cyclic N) is 1. The Kier molecular flexibility index (Phi) is 4.81. The summed E-state index contributed by atoms with van der Waals surface area (Å²) < 4.78 is 5.65. The lowest BCUT2D eigenvalue weighted by molar-refractivity contribution is 0.0872. The maximum absolute atomic E-state index is 10.7. The van der Waals surface area contributed by atoms with Crippen LogP contribution in [0.25, 0.3) is 0 Å². The normalized spacial score (nSPS) is 27.3. The van der Waals surface area contributed by atoms with Gasteiger partial charge in [-0.2, -0.15) is 0 Å². The highest BCUT2D eigenvalue weighted by molar-refractivity contribution is 5.35. The van der Waals surface area contributed by atoms with Gasteiger partial charge in [0.15, 0.2) is 0 Å². The van der Waals surface area contributed by atoms with Crippen LogP contribution in [0.4, 0.5) is 0 Å². The van der Waals surface area contributed by atoms with Gasteiger partial charge in [0.05, 0.1) is 12.7 Å². The average molecular weight is 289 g/mol. The molecule has 0 spiro atoms. The van der Waals surface area contributed by atoms with E-state index in [0.29, 0.717) is 12.6 Å². The first-order chi connectivity index (χ1) is 10.3. The van der Waals surface area contributed by atoms with Crippen LogP contribution in [-0.4, -0.2) is 35.7 Å². The van der Waals surface area contributed by atoms with Gasteiger partial charge in [0, 0.05) is 18.2 Å². The Morgan fingerprint density at radius 3 is 2.90 bits per heavy atom. The van der Waals surface area contributed by atoms with E-state index in [2.05, 4.69) is 4.90 Å². The minimum Gasteiger partial charge on any atom is -0.493 e. The van der Waals surface area contributed by atoms with Crippen LogP contribution >= 0.6 is 0 Å². The molecule has 21 heavy (non-hydrogen) atoms. The minimum absolute atomic E-state index is 0.451. The average Bonchev–Trinajstić information content (AvgIpc) is 2.91. The van der Waals surface area contributed by atoms with E-state index in [1.54, 1.807) is 0 Å². The second-order valence-corrected chi connectivity index (χ2v) is 6.38. The van der Waals surface area contributed by atoms with E-state index in [9.17, 15) is 5.11 Å². The zero-order valence-electron chi connectivity index (χ0n) is 13.0. The second kappa shape index (κ2) is 6.80. The summed E-state index contributed by atoms with van der Waals surface area (Å²) in [7, 11) is 0. The van der Waals surface area contributed by atoms with Crippen molar-refractivity contribution < 1.29 is 9.84 Å². The van der Waals surface area contributed by atoms with E-state index in [4.69, 9.17) is 4.74 Å². The third kappa shape index (κ3) is 3.24. The number of benzene rings is 1. The quantitative estimate of drug-likeness (QED) is 0.902. The molecule has 0 amide bonds. The molecule has 1 saturated heterocycles. The molecule has 3 atom stereocenters. The van der Waals surface area contributed by atoms with Gasteiger partial charge in [0.25, 0.3) is 0 Å². The molecule has 1 aliphatic heterocycles. The van der Waals surface area contributed by atoms with Crippen LogP contribution in [-0.2, 0) is 0 Å². The van der Waals surface area contributed by atoms with Gasteiger partial charge in [0.2, 0.25) is 0 Å². The molecular weight excluding hydrogens is 262 g/mol. The Morgan fingerprint density at radius 2 is 2.05 bits per heavy atom. The highest BCUT2D eigenvalue weighted by Crippen LogP contribution is 2.37. The Balaban J connectivity index is 1.67. The fourth-order valence-corrected chi connectivity index (χ4v) is 4.09. The zero-order valence-corrected chi connectivity index (χ0v) is 13.0. The van der Waals surface area contributed by atoms with E-state index < -0.39 is 6.10 Å². The molecule has 116 valence electrons. The maximum Gasteiger partial charge on any atom is 0.125 e. The Hall–Kier alpha value is -1.06. The summed E-state index contributed by atoms with van der Waals surface area (Å²) in [4.78, 5) is 2.51. The fraction of sp³-hybridized carbons (Fsp3) is 0.667. The topological polar surface area (TPSA) is 32.7 Å². The molecule has 1 N–H and O–H groups in total. The molecule has 1 heterocycles. The van der Waals surface area contributed by atoms with E-state index in [1.165, 1.54) is 32.1 Å². The first-order valence-corrected chi connectivity index (χ1v) is 8.43. The molecule has 3 rings (SSSR count). The van der Waals surface area contributed by atoms with Crippen LogP contribution in [0.15, 0.2) is 24.3 Å². The van der Waals surface area contributed by atoms with Gasteiger partial charge in [0.1, 0.15) is 5.75 Å². The van der Waals surface area contributed by atoms with Gasteiger partial charge >= 0.3 is 0 Å². The molecule has 1 aromatic carbocycles. The van der Waals surface area contributed by atoms with E-state index in [-0.39, 0.29) is 0 Å². The number of hydrogen-bond donors (Lipinski definition) is 1. The molecule has 0 bridgehead atoms. The largest absolute Gasteiger partial charge is 0.493 e. The van der Waals surface area contributed by atoms with Gasteiger partial charge < -0.3 is 9.84 Å².